The molecule has 7 heteroatoms. The molecule has 6 nitrogen and oxygen atoms in total. The first-order valence-electron chi connectivity index (χ1n) is 5.20. The SMILES string of the molecule is CNc1ncccc1S(=O)(=O)Nc1ccccn1. The zero-order valence-corrected chi connectivity index (χ0v) is 10.5. The minimum atomic E-state index is -3.69. The Labute approximate surface area is 105 Å². The van der Waals surface area contributed by atoms with Crippen molar-refractivity contribution in [3.63, 3.8) is 0 Å². The second-order valence-electron chi connectivity index (χ2n) is 3.42. The molecule has 2 aromatic heterocycles. The van der Waals surface area contributed by atoms with E-state index in [1.54, 1.807) is 31.3 Å². The number of hydrogen-bond acceptors (Lipinski definition) is 5. The Morgan fingerprint density at radius 1 is 1.06 bits per heavy atom. The molecule has 94 valence electrons. The van der Waals surface area contributed by atoms with Crippen LogP contribution in [0, 0.1) is 0 Å². The average molecular weight is 264 g/mol. The van der Waals surface area contributed by atoms with E-state index < -0.39 is 10.0 Å². The maximum Gasteiger partial charge on any atom is 0.266 e. The number of nitrogens with zero attached hydrogens (tertiary/aromatic N) is 2. The first kappa shape index (κ1) is 12.3. The zero-order chi connectivity index (χ0) is 13.0. The van der Waals surface area contributed by atoms with Gasteiger partial charge in [-0.1, -0.05) is 6.07 Å². The topological polar surface area (TPSA) is 84.0 Å². The third-order valence-corrected chi connectivity index (χ3v) is 3.59. The van der Waals surface area contributed by atoms with E-state index in [0.717, 1.165) is 0 Å². The summed E-state index contributed by atoms with van der Waals surface area (Å²) in [5, 5.41) is 2.74. The van der Waals surface area contributed by atoms with Gasteiger partial charge in [0.05, 0.1) is 0 Å². The van der Waals surface area contributed by atoms with Crippen LogP contribution in [0.4, 0.5) is 11.6 Å². The van der Waals surface area contributed by atoms with Gasteiger partial charge in [0.1, 0.15) is 16.5 Å². The van der Waals surface area contributed by atoms with Crippen molar-refractivity contribution in [1.82, 2.24) is 9.97 Å². The quantitative estimate of drug-likeness (QED) is 0.870. The van der Waals surface area contributed by atoms with E-state index in [1.165, 1.54) is 18.5 Å². The van der Waals surface area contributed by atoms with Gasteiger partial charge >= 0.3 is 0 Å². The van der Waals surface area contributed by atoms with Crippen LogP contribution in [0.3, 0.4) is 0 Å². The van der Waals surface area contributed by atoms with E-state index in [9.17, 15) is 8.42 Å². The largest absolute Gasteiger partial charge is 0.372 e. The highest BCUT2D eigenvalue weighted by Gasteiger charge is 2.19. The van der Waals surface area contributed by atoms with Crippen molar-refractivity contribution in [2.45, 2.75) is 4.90 Å². The van der Waals surface area contributed by atoms with Crippen molar-refractivity contribution in [3.8, 4) is 0 Å². The molecule has 2 rings (SSSR count). The lowest BCUT2D eigenvalue weighted by molar-refractivity contribution is 0.601. The Morgan fingerprint density at radius 3 is 2.50 bits per heavy atom. The van der Waals surface area contributed by atoms with Gasteiger partial charge in [-0.05, 0) is 24.3 Å². The molecule has 2 heterocycles. The van der Waals surface area contributed by atoms with Gasteiger partial charge in [-0.25, -0.2) is 18.4 Å². The normalized spacial score (nSPS) is 10.9. The number of sulfonamides is 1. The summed E-state index contributed by atoms with van der Waals surface area (Å²) in [5.41, 5.74) is 0. The van der Waals surface area contributed by atoms with E-state index in [2.05, 4.69) is 20.0 Å². The zero-order valence-electron chi connectivity index (χ0n) is 9.66. The highest BCUT2D eigenvalue weighted by molar-refractivity contribution is 7.92. The second-order valence-corrected chi connectivity index (χ2v) is 5.07. The summed E-state index contributed by atoms with van der Waals surface area (Å²) in [6.07, 6.45) is 3.03. The average Bonchev–Trinajstić information content (AvgIpc) is 2.39. The Balaban J connectivity index is 2.37. The van der Waals surface area contributed by atoms with Crippen molar-refractivity contribution < 1.29 is 8.42 Å². The lowest BCUT2D eigenvalue weighted by atomic mass is 10.5. The highest BCUT2D eigenvalue weighted by Crippen LogP contribution is 2.19. The number of nitrogens with one attached hydrogen (secondary N) is 2. The summed E-state index contributed by atoms with van der Waals surface area (Å²) < 4.78 is 26.7. The van der Waals surface area contributed by atoms with E-state index in [-0.39, 0.29) is 10.7 Å². The van der Waals surface area contributed by atoms with E-state index in [1.807, 2.05) is 0 Å². The molecule has 0 aromatic carbocycles. The van der Waals surface area contributed by atoms with Crippen LogP contribution in [0.1, 0.15) is 0 Å². The number of anilines is 2. The fourth-order valence-electron chi connectivity index (χ4n) is 1.41. The fraction of sp³-hybridized carbons (Fsp3) is 0.0909. The van der Waals surface area contributed by atoms with Crippen LogP contribution < -0.4 is 10.0 Å². The number of aromatic nitrogens is 2. The summed E-state index contributed by atoms with van der Waals surface area (Å²) in [4.78, 5) is 7.95. The standard InChI is InChI=1S/C11H12N4O2S/c1-12-11-9(5-4-8-14-11)18(16,17)15-10-6-2-3-7-13-10/h2-8H,1H3,(H,12,14)(H,13,15). The monoisotopic (exact) mass is 264 g/mol. The summed E-state index contributed by atoms with van der Waals surface area (Å²) in [7, 11) is -2.08. The van der Waals surface area contributed by atoms with Gasteiger partial charge in [0.2, 0.25) is 0 Å². The third kappa shape index (κ3) is 2.57. The van der Waals surface area contributed by atoms with Crippen molar-refractivity contribution in [2.24, 2.45) is 0 Å². The molecule has 0 saturated heterocycles. The van der Waals surface area contributed by atoms with Crippen molar-refractivity contribution >= 4 is 21.7 Å². The van der Waals surface area contributed by atoms with Crippen LogP contribution in [-0.4, -0.2) is 25.4 Å². The van der Waals surface area contributed by atoms with Crippen LogP contribution >= 0.6 is 0 Å². The molecule has 0 spiro atoms. The molecule has 0 amide bonds. The first-order chi connectivity index (χ1) is 8.63. The van der Waals surface area contributed by atoms with Crippen molar-refractivity contribution in [3.05, 3.63) is 42.7 Å². The maximum absolute atomic E-state index is 12.2. The summed E-state index contributed by atoms with van der Waals surface area (Å²) >= 11 is 0. The molecular formula is C11H12N4O2S. The lowest BCUT2D eigenvalue weighted by Gasteiger charge is -2.10. The van der Waals surface area contributed by atoms with E-state index in [0.29, 0.717) is 5.82 Å². The van der Waals surface area contributed by atoms with Crippen LogP contribution in [0.2, 0.25) is 0 Å². The second kappa shape index (κ2) is 5.01. The minimum Gasteiger partial charge on any atom is -0.372 e. The third-order valence-electron chi connectivity index (χ3n) is 2.20. The van der Waals surface area contributed by atoms with Gasteiger partial charge in [-0.2, -0.15) is 0 Å². The molecule has 18 heavy (non-hydrogen) atoms. The van der Waals surface area contributed by atoms with Crippen molar-refractivity contribution in [1.29, 1.82) is 0 Å². The summed E-state index contributed by atoms with van der Waals surface area (Å²) in [5.74, 6) is 0.560. The number of rotatable bonds is 4. The summed E-state index contributed by atoms with van der Waals surface area (Å²) in [6, 6.07) is 8.03. The summed E-state index contributed by atoms with van der Waals surface area (Å²) in [6.45, 7) is 0. The molecule has 0 unspecified atom stereocenters. The molecule has 0 fully saturated rings. The number of pyridine rings is 2. The van der Waals surface area contributed by atoms with E-state index >= 15 is 0 Å². The van der Waals surface area contributed by atoms with Gasteiger partial charge in [-0.3, -0.25) is 4.72 Å². The molecular weight excluding hydrogens is 252 g/mol. The maximum atomic E-state index is 12.2. The molecule has 0 radical (unpaired) electrons. The molecule has 2 N–H and O–H groups in total. The van der Waals surface area contributed by atoms with Crippen LogP contribution in [0.25, 0.3) is 0 Å². The van der Waals surface area contributed by atoms with Crippen molar-refractivity contribution in [2.75, 3.05) is 17.1 Å². The van der Waals surface area contributed by atoms with Gasteiger partial charge < -0.3 is 5.32 Å². The highest BCUT2D eigenvalue weighted by atomic mass is 32.2. The Morgan fingerprint density at radius 2 is 1.83 bits per heavy atom. The predicted octanol–water partition coefficient (Wildman–Crippen LogP) is 1.32. The van der Waals surface area contributed by atoms with Crippen LogP contribution in [0.15, 0.2) is 47.6 Å². The molecule has 0 aliphatic rings. The van der Waals surface area contributed by atoms with Gasteiger partial charge in [0, 0.05) is 19.4 Å². The Hall–Kier alpha value is -2.15. The molecule has 0 aliphatic heterocycles. The molecule has 0 saturated carbocycles. The van der Waals surface area contributed by atoms with Crippen LogP contribution in [0.5, 0.6) is 0 Å². The first-order valence-corrected chi connectivity index (χ1v) is 6.68. The van der Waals surface area contributed by atoms with Crippen LogP contribution in [-0.2, 0) is 10.0 Å². The van der Waals surface area contributed by atoms with Gasteiger partial charge in [-0.15, -0.1) is 0 Å². The Bertz CT molecular complexity index is 629. The smallest absolute Gasteiger partial charge is 0.266 e. The molecule has 0 atom stereocenters. The molecule has 0 aliphatic carbocycles. The predicted molar refractivity (Wildman–Crippen MR) is 68.8 cm³/mol. The number of hydrogen-bond donors (Lipinski definition) is 2. The van der Waals surface area contributed by atoms with E-state index in [4.69, 9.17) is 0 Å². The lowest BCUT2D eigenvalue weighted by Crippen LogP contribution is -2.16. The van der Waals surface area contributed by atoms with Gasteiger partial charge in [0.25, 0.3) is 10.0 Å². The fourth-order valence-corrected chi connectivity index (χ4v) is 2.58. The Kier molecular flexibility index (Phi) is 3.42. The minimum absolute atomic E-state index is 0.0816. The molecule has 0 bridgehead atoms. The molecule has 2 aromatic rings. The van der Waals surface area contributed by atoms with Gasteiger partial charge in [0.15, 0.2) is 0 Å².